The first-order valence-electron chi connectivity index (χ1n) is 14.8. The Morgan fingerprint density at radius 1 is 0.978 bits per heavy atom. The topological polar surface area (TPSA) is 127 Å². The highest BCUT2D eigenvalue weighted by atomic mass is 35.5. The normalized spacial score (nSPS) is 13.5. The Balaban J connectivity index is 1.09. The summed E-state index contributed by atoms with van der Waals surface area (Å²) in [5.74, 6) is 1.14. The molecule has 3 amide bonds. The predicted octanol–water partition coefficient (Wildman–Crippen LogP) is 8.00. The second-order valence-corrected chi connectivity index (χ2v) is 13.4. The molecule has 2 N–H and O–H groups in total. The van der Waals surface area contributed by atoms with Crippen LogP contribution in [0.25, 0.3) is 16.1 Å². The summed E-state index contributed by atoms with van der Waals surface area (Å²) in [7, 11) is 0. The number of aromatic nitrogens is 5. The first-order chi connectivity index (χ1) is 22.0. The third kappa shape index (κ3) is 7.03. The number of rotatable bonds is 7. The number of piperidine rings is 1. The molecule has 0 saturated carbocycles. The lowest BCUT2D eigenvalue weighted by Gasteiger charge is -2.23. The molecule has 13 heteroatoms. The number of benzene rings is 2. The van der Waals surface area contributed by atoms with E-state index in [-0.39, 0.29) is 17.3 Å². The molecule has 236 valence electrons. The van der Waals surface area contributed by atoms with E-state index >= 15 is 0 Å². The van der Waals surface area contributed by atoms with Crippen LogP contribution in [0.1, 0.15) is 51.3 Å². The molecule has 3 aromatic heterocycles. The molecule has 0 bridgehead atoms. The fourth-order valence-corrected chi connectivity index (χ4v) is 6.12. The van der Waals surface area contributed by atoms with Gasteiger partial charge in [-0.2, -0.15) is 5.10 Å². The molecule has 0 spiro atoms. The number of ether oxygens (including phenoxy) is 1. The number of anilines is 3. The maximum Gasteiger partial charge on any atom is 0.324 e. The van der Waals surface area contributed by atoms with Gasteiger partial charge in [-0.1, -0.05) is 49.8 Å². The van der Waals surface area contributed by atoms with Crippen molar-refractivity contribution < 1.29 is 14.3 Å². The van der Waals surface area contributed by atoms with Gasteiger partial charge in [0.2, 0.25) is 5.91 Å². The molecule has 1 aliphatic heterocycles. The average molecular weight is 657 g/mol. The zero-order chi connectivity index (χ0) is 32.4. The van der Waals surface area contributed by atoms with E-state index < -0.39 is 6.03 Å². The molecule has 0 unspecified atom stereocenters. The fraction of sp³-hybridized carbons (Fsp3) is 0.273. The zero-order valence-corrected chi connectivity index (χ0v) is 27.4. The summed E-state index contributed by atoms with van der Waals surface area (Å²) >= 11 is 8.03. The Kier molecular flexibility index (Phi) is 8.74. The van der Waals surface area contributed by atoms with Crippen LogP contribution in [-0.4, -0.2) is 43.2 Å². The fourth-order valence-electron chi connectivity index (χ4n) is 4.84. The van der Waals surface area contributed by atoms with E-state index in [4.69, 9.17) is 21.4 Å². The van der Waals surface area contributed by atoms with Crippen LogP contribution < -0.4 is 20.3 Å². The smallest absolute Gasteiger partial charge is 0.324 e. The van der Waals surface area contributed by atoms with Crippen LogP contribution in [0.2, 0.25) is 5.02 Å². The summed E-state index contributed by atoms with van der Waals surface area (Å²) in [5, 5.41) is 11.6. The summed E-state index contributed by atoms with van der Waals surface area (Å²) in [6.07, 6.45) is 7.22. The number of halogens is 1. The summed E-state index contributed by atoms with van der Waals surface area (Å²) in [4.78, 5) is 40.9. The molecular formula is C33H33ClN8O3S. The Hall–Kier alpha value is -4.81. The van der Waals surface area contributed by atoms with Crippen molar-refractivity contribution in [3.05, 3.63) is 83.4 Å². The van der Waals surface area contributed by atoms with Crippen molar-refractivity contribution in [1.82, 2.24) is 24.7 Å². The number of nitrogens with zero attached hydrogens (tertiary/aromatic N) is 6. The van der Waals surface area contributed by atoms with Crippen molar-refractivity contribution in [1.29, 1.82) is 0 Å². The molecule has 0 aliphatic carbocycles. The zero-order valence-electron chi connectivity index (χ0n) is 25.9. The van der Waals surface area contributed by atoms with Gasteiger partial charge in [0.1, 0.15) is 11.6 Å². The standard InChI is InChI=1S/C33H33ClN8O3S/c1-20-8-13-25(24(34)15-20)42-28(16-27(40-42)33(2,3)4)39-30(44)38-22-17-35-31(36-18-22)45-23-11-9-21(10-12-23)26-19-37-32(46-26)41-14-6-5-7-29(41)43/h8-13,15-19H,5-7,14H2,1-4H3,(H2,38,39,44). The number of aryl methyl sites for hydroxylation is 1. The number of carbonyl (C=O) groups is 2. The predicted molar refractivity (Wildman–Crippen MR) is 181 cm³/mol. The molecule has 0 radical (unpaired) electrons. The molecule has 1 saturated heterocycles. The van der Waals surface area contributed by atoms with E-state index in [2.05, 4.69) is 25.6 Å². The number of hydrogen-bond acceptors (Lipinski definition) is 8. The minimum atomic E-state index is -0.492. The first-order valence-corrected chi connectivity index (χ1v) is 16.0. The van der Waals surface area contributed by atoms with Gasteiger partial charge in [0, 0.05) is 30.6 Å². The monoisotopic (exact) mass is 656 g/mol. The second kappa shape index (κ2) is 12.9. The van der Waals surface area contributed by atoms with Crippen molar-refractivity contribution in [3.63, 3.8) is 0 Å². The van der Waals surface area contributed by atoms with Crippen molar-refractivity contribution in [2.24, 2.45) is 0 Å². The van der Waals surface area contributed by atoms with Gasteiger partial charge in [-0.05, 0) is 67.3 Å². The second-order valence-electron chi connectivity index (χ2n) is 12.0. The minimum Gasteiger partial charge on any atom is -0.424 e. The summed E-state index contributed by atoms with van der Waals surface area (Å²) in [5.41, 5.74) is 3.56. The molecule has 1 aliphatic rings. The Morgan fingerprint density at radius 3 is 2.43 bits per heavy atom. The Morgan fingerprint density at radius 2 is 1.74 bits per heavy atom. The van der Waals surface area contributed by atoms with Gasteiger partial charge in [-0.25, -0.2) is 24.4 Å². The summed E-state index contributed by atoms with van der Waals surface area (Å²) < 4.78 is 7.45. The summed E-state index contributed by atoms with van der Waals surface area (Å²) in [6, 6.07) is 14.6. The molecule has 0 atom stereocenters. The van der Waals surface area contributed by atoms with Crippen LogP contribution in [0.5, 0.6) is 11.8 Å². The van der Waals surface area contributed by atoms with E-state index in [1.807, 2.05) is 76.2 Å². The number of carbonyl (C=O) groups excluding carboxylic acids is 2. The van der Waals surface area contributed by atoms with E-state index in [0.29, 0.717) is 40.9 Å². The number of amides is 3. The average Bonchev–Trinajstić information content (AvgIpc) is 3.67. The van der Waals surface area contributed by atoms with Crippen molar-refractivity contribution >= 4 is 51.5 Å². The van der Waals surface area contributed by atoms with Crippen LogP contribution in [0, 0.1) is 6.92 Å². The molecule has 2 aromatic carbocycles. The lowest BCUT2D eigenvalue weighted by Crippen LogP contribution is -2.34. The maximum atomic E-state index is 13.0. The van der Waals surface area contributed by atoms with Crippen molar-refractivity contribution in [3.8, 4) is 27.9 Å². The first kappa shape index (κ1) is 31.2. The van der Waals surface area contributed by atoms with Gasteiger partial charge in [-0.15, -0.1) is 0 Å². The van der Waals surface area contributed by atoms with E-state index in [9.17, 15) is 9.59 Å². The largest absolute Gasteiger partial charge is 0.424 e. The highest BCUT2D eigenvalue weighted by Crippen LogP contribution is 2.34. The van der Waals surface area contributed by atoms with Crippen LogP contribution >= 0.6 is 22.9 Å². The van der Waals surface area contributed by atoms with Gasteiger partial charge in [-0.3, -0.25) is 15.0 Å². The van der Waals surface area contributed by atoms with E-state index in [1.165, 1.54) is 23.7 Å². The highest BCUT2D eigenvalue weighted by molar-refractivity contribution is 7.19. The number of hydrogen-bond donors (Lipinski definition) is 2. The quantitative estimate of drug-likeness (QED) is 0.182. The SMILES string of the molecule is Cc1ccc(-n2nc(C(C)(C)C)cc2NC(=O)Nc2cnc(Oc3ccc(-c4cnc(N5CCCCC5=O)s4)cc3)nc2)c(Cl)c1. The van der Waals surface area contributed by atoms with Crippen molar-refractivity contribution in [2.45, 2.75) is 52.4 Å². The van der Waals surface area contributed by atoms with Crippen LogP contribution in [0.4, 0.5) is 21.4 Å². The van der Waals surface area contributed by atoms with Gasteiger partial charge in [0.05, 0.1) is 39.4 Å². The highest BCUT2D eigenvalue weighted by Gasteiger charge is 2.24. The molecule has 11 nitrogen and oxygen atoms in total. The van der Waals surface area contributed by atoms with Crippen LogP contribution in [0.3, 0.4) is 0 Å². The Labute approximate surface area is 275 Å². The number of thiazole rings is 1. The molecule has 1 fully saturated rings. The van der Waals surface area contributed by atoms with Crippen LogP contribution in [-0.2, 0) is 10.2 Å². The summed E-state index contributed by atoms with van der Waals surface area (Å²) in [6.45, 7) is 8.82. The van der Waals surface area contributed by atoms with Gasteiger partial charge in [0.15, 0.2) is 5.13 Å². The van der Waals surface area contributed by atoms with Crippen LogP contribution in [0.15, 0.2) is 67.1 Å². The molecule has 46 heavy (non-hydrogen) atoms. The number of nitrogens with one attached hydrogen (secondary N) is 2. The third-order valence-electron chi connectivity index (χ3n) is 7.33. The van der Waals surface area contributed by atoms with Gasteiger partial charge in [0.25, 0.3) is 0 Å². The van der Waals surface area contributed by atoms with Gasteiger partial charge < -0.3 is 10.1 Å². The molecule has 5 aromatic rings. The number of urea groups is 1. The third-order valence-corrected chi connectivity index (χ3v) is 8.70. The van der Waals surface area contributed by atoms with E-state index in [1.54, 1.807) is 15.8 Å². The maximum absolute atomic E-state index is 13.0. The lowest BCUT2D eigenvalue weighted by atomic mass is 9.92. The lowest BCUT2D eigenvalue weighted by molar-refractivity contribution is -0.119. The molecule has 4 heterocycles. The Bertz CT molecular complexity index is 1880. The van der Waals surface area contributed by atoms with E-state index in [0.717, 1.165) is 39.7 Å². The molecule has 6 rings (SSSR count). The molecular weight excluding hydrogens is 624 g/mol. The van der Waals surface area contributed by atoms with Gasteiger partial charge >= 0.3 is 12.0 Å². The minimum absolute atomic E-state index is 0.128. The van der Waals surface area contributed by atoms with Crippen molar-refractivity contribution in [2.75, 3.05) is 22.1 Å².